The maximum Gasteiger partial charge on any atom is 0.407 e. The van der Waals surface area contributed by atoms with Crippen molar-refractivity contribution in [1.82, 2.24) is 20.3 Å². The van der Waals surface area contributed by atoms with Crippen molar-refractivity contribution in [3.63, 3.8) is 0 Å². The highest BCUT2D eigenvalue weighted by molar-refractivity contribution is 5.67. The van der Waals surface area contributed by atoms with Gasteiger partial charge in [0.05, 0.1) is 31.6 Å². The van der Waals surface area contributed by atoms with Crippen LogP contribution < -0.4 is 5.32 Å². The van der Waals surface area contributed by atoms with Crippen LogP contribution in [-0.2, 0) is 27.4 Å². The normalized spacial score (nSPS) is 20.2. The Morgan fingerprint density at radius 3 is 2.72 bits per heavy atom. The van der Waals surface area contributed by atoms with Crippen molar-refractivity contribution < 1.29 is 19.0 Å². The van der Waals surface area contributed by atoms with Gasteiger partial charge in [0.2, 0.25) is 0 Å². The van der Waals surface area contributed by atoms with Crippen molar-refractivity contribution in [2.45, 2.75) is 44.9 Å². The number of rotatable bonds is 6. The van der Waals surface area contributed by atoms with Crippen molar-refractivity contribution in [1.29, 1.82) is 0 Å². The summed E-state index contributed by atoms with van der Waals surface area (Å²) in [5.74, 6) is -0.684. The average Bonchev–Trinajstić information content (AvgIpc) is 3.22. The number of nitrogens with zero attached hydrogens (tertiary/aromatic N) is 3. The number of benzene rings is 1. The van der Waals surface area contributed by atoms with E-state index in [2.05, 4.69) is 15.5 Å². The molecular formula is C17H22N4O4. The largest absolute Gasteiger partial charge is 0.445 e. The third-order valence-corrected chi connectivity index (χ3v) is 3.82. The Balaban J connectivity index is 1.59. The molecule has 0 unspecified atom stereocenters. The lowest BCUT2D eigenvalue weighted by Gasteiger charge is -2.24. The third-order valence-electron chi connectivity index (χ3n) is 3.82. The molecule has 1 aliphatic heterocycles. The highest BCUT2D eigenvalue weighted by Gasteiger charge is 2.38. The van der Waals surface area contributed by atoms with Crippen LogP contribution in [0.25, 0.3) is 0 Å². The average molecular weight is 346 g/mol. The van der Waals surface area contributed by atoms with Crippen LogP contribution in [0.5, 0.6) is 0 Å². The van der Waals surface area contributed by atoms with Crippen LogP contribution in [0.4, 0.5) is 4.79 Å². The highest BCUT2D eigenvalue weighted by Crippen LogP contribution is 2.24. The molecular weight excluding hydrogens is 324 g/mol. The van der Waals surface area contributed by atoms with Gasteiger partial charge in [-0.2, -0.15) is 15.0 Å². The molecule has 3 rings (SSSR count). The lowest BCUT2D eigenvalue weighted by molar-refractivity contribution is -0.142. The van der Waals surface area contributed by atoms with Crippen molar-refractivity contribution in [3.05, 3.63) is 48.3 Å². The summed E-state index contributed by atoms with van der Waals surface area (Å²) in [5.41, 5.74) is 0.921. The van der Waals surface area contributed by atoms with Crippen LogP contribution in [0.3, 0.4) is 0 Å². The van der Waals surface area contributed by atoms with E-state index in [0.717, 1.165) is 5.56 Å². The Morgan fingerprint density at radius 2 is 2.08 bits per heavy atom. The number of carbonyl (C=O) groups is 1. The molecule has 8 heteroatoms. The van der Waals surface area contributed by atoms with E-state index in [4.69, 9.17) is 14.2 Å². The van der Waals surface area contributed by atoms with E-state index in [9.17, 15) is 4.79 Å². The van der Waals surface area contributed by atoms with Gasteiger partial charge in [-0.05, 0) is 19.4 Å². The van der Waals surface area contributed by atoms with Gasteiger partial charge >= 0.3 is 6.09 Å². The van der Waals surface area contributed by atoms with Crippen LogP contribution in [0.1, 0.15) is 19.4 Å². The predicted molar refractivity (Wildman–Crippen MR) is 88.5 cm³/mol. The highest BCUT2D eigenvalue weighted by atomic mass is 16.7. The SMILES string of the molecule is CC1(C)OC[C@H]([C@@H](Cn2nccn2)NC(=O)OCc2ccccc2)O1. The predicted octanol–water partition coefficient (Wildman–Crippen LogP) is 1.72. The summed E-state index contributed by atoms with van der Waals surface area (Å²) >= 11 is 0. The van der Waals surface area contributed by atoms with Crippen LogP contribution >= 0.6 is 0 Å². The minimum atomic E-state index is -0.684. The topological polar surface area (TPSA) is 87.5 Å². The quantitative estimate of drug-likeness (QED) is 0.857. The first-order valence-electron chi connectivity index (χ1n) is 8.15. The minimum absolute atomic E-state index is 0.201. The molecule has 1 aromatic carbocycles. The third kappa shape index (κ3) is 5.01. The summed E-state index contributed by atoms with van der Waals surface area (Å²) in [6.45, 7) is 4.61. The molecule has 134 valence electrons. The molecule has 1 saturated heterocycles. The van der Waals surface area contributed by atoms with Crippen molar-refractivity contribution in [2.75, 3.05) is 6.61 Å². The molecule has 2 aromatic rings. The number of nitrogens with one attached hydrogen (secondary N) is 1. The van der Waals surface area contributed by atoms with E-state index >= 15 is 0 Å². The van der Waals surface area contributed by atoms with Gasteiger partial charge in [-0.25, -0.2) is 4.79 Å². The molecule has 0 aliphatic carbocycles. The van der Waals surface area contributed by atoms with Crippen molar-refractivity contribution in [3.8, 4) is 0 Å². The Morgan fingerprint density at radius 1 is 1.36 bits per heavy atom. The minimum Gasteiger partial charge on any atom is -0.445 e. The Hall–Kier alpha value is -2.45. The van der Waals surface area contributed by atoms with Crippen molar-refractivity contribution in [2.24, 2.45) is 0 Å². The van der Waals surface area contributed by atoms with Crippen LogP contribution in [0, 0.1) is 0 Å². The number of alkyl carbamates (subject to hydrolysis) is 1. The van der Waals surface area contributed by atoms with E-state index < -0.39 is 11.9 Å². The van der Waals surface area contributed by atoms with Crippen molar-refractivity contribution >= 4 is 6.09 Å². The fraction of sp³-hybridized carbons (Fsp3) is 0.471. The summed E-state index contributed by atoms with van der Waals surface area (Å²) in [4.78, 5) is 13.7. The molecule has 0 spiro atoms. The molecule has 0 saturated carbocycles. The number of ether oxygens (including phenoxy) is 3. The molecule has 0 bridgehead atoms. The molecule has 1 fully saturated rings. The molecule has 8 nitrogen and oxygen atoms in total. The zero-order valence-corrected chi connectivity index (χ0v) is 14.3. The number of carbonyl (C=O) groups excluding carboxylic acids is 1. The zero-order chi connectivity index (χ0) is 17.7. The standard InChI is InChI=1S/C17H22N4O4/c1-17(2)24-12-15(25-17)14(10-21-18-8-9-19-21)20-16(22)23-11-13-6-4-3-5-7-13/h3-9,14-15H,10-12H2,1-2H3,(H,20,22)/t14-,15-/m1/s1. The lowest BCUT2D eigenvalue weighted by atomic mass is 10.1. The summed E-state index contributed by atoms with van der Waals surface area (Å²) in [7, 11) is 0. The number of hydrogen-bond acceptors (Lipinski definition) is 6. The van der Waals surface area contributed by atoms with Gasteiger partial charge in [0, 0.05) is 0 Å². The van der Waals surface area contributed by atoms with Gasteiger partial charge < -0.3 is 19.5 Å². The van der Waals surface area contributed by atoms with Crippen LogP contribution in [0.15, 0.2) is 42.7 Å². The molecule has 1 aromatic heterocycles. The van der Waals surface area contributed by atoms with E-state index in [1.165, 1.54) is 4.80 Å². The number of aromatic nitrogens is 3. The Bertz CT molecular complexity index is 675. The van der Waals surface area contributed by atoms with Gasteiger partial charge in [-0.3, -0.25) is 0 Å². The number of hydrogen-bond donors (Lipinski definition) is 1. The maximum absolute atomic E-state index is 12.2. The fourth-order valence-electron chi connectivity index (χ4n) is 2.60. The molecule has 25 heavy (non-hydrogen) atoms. The Kier molecular flexibility index (Phi) is 5.30. The van der Waals surface area contributed by atoms with E-state index in [-0.39, 0.29) is 18.8 Å². The molecule has 1 N–H and O–H groups in total. The number of amides is 1. The second-order valence-electron chi connectivity index (χ2n) is 6.26. The van der Waals surface area contributed by atoms with Gasteiger partial charge in [0.15, 0.2) is 5.79 Å². The molecule has 2 atom stereocenters. The summed E-state index contributed by atoms with van der Waals surface area (Å²) in [5, 5.41) is 11.0. The molecule has 0 radical (unpaired) electrons. The zero-order valence-electron chi connectivity index (χ0n) is 14.3. The van der Waals surface area contributed by atoms with Gasteiger partial charge in [0.25, 0.3) is 0 Å². The van der Waals surface area contributed by atoms with E-state index in [1.54, 1.807) is 12.4 Å². The van der Waals surface area contributed by atoms with Crippen LogP contribution in [0.2, 0.25) is 0 Å². The Labute approximate surface area is 146 Å². The van der Waals surface area contributed by atoms with Gasteiger partial charge in [-0.15, -0.1) is 0 Å². The summed E-state index contributed by atoms with van der Waals surface area (Å²) < 4.78 is 16.8. The van der Waals surface area contributed by atoms with E-state index in [1.807, 2.05) is 44.2 Å². The second-order valence-corrected chi connectivity index (χ2v) is 6.26. The molecule has 1 amide bonds. The molecule has 1 aliphatic rings. The second kappa shape index (κ2) is 7.62. The van der Waals surface area contributed by atoms with Crippen LogP contribution in [-0.4, -0.2) is 45.6 Å². The first-order chi connectivity index (χ1) is 12.0. The first kappa shape index (κ1) is 17.4. The fourth-order valence-corrected chi connectivity index (χ4v) is 2.60. The molecule has 2 heterocycles. The first-order valence-corrected chi connectivity index (χ1v) is 8.15. The monoisotopic (exact) mass is 346 g/mol. The smallest absolute Gasteiger partial charge is 0.407 e. The van der Waals surface area contributed by atoms with Gasteiger partial charge in [-0.1, -0.05) is 30.3 Å². The van der Waals surface area contributed by atoms with E-state index in [0.29, 0.717) is 13.2 Å². The van der Waals surface area contributed by atoms with Gasteiger partial charge in [0.1, 0.15) is 12.7 Å². The summed E-state index contributed by atoms with van der Waals surface area (Å²) in [6, 6.07) is 9.13. The summed E-state index contributed by atoms with van der Waals surface area (Å²) in [6.07, 6.45) is 2.33. The lowest BCUT2D eigenvalue weighted by Crippen LogP contribution is -2.48. The maximum atomic E-state index is 12.2.